The molecular weight excluding hydrogens is 572 g/mol. The first kappa shape index (κ1) is 29.4. The third kappa shape index (κ3) is 7.67. The predicted octanol–water partition coefficient (Wildman–Crippen LogP) is 6.50. The summed E-state index contributed by atoms with van der Waals surface area (Å²) in [7, 11) is 0.555. The van der Waals surface area contributed by atoms with Crippen LogP contribution in [0.4, 0.5) is 28.9 Å². The first-order chi connectivity index (χ1) is 17.2. The normalized spacial score (nSPS) is 16.4. The number of hydrogen-bond acceptors (Lipinski definition) is 5. The van der Waals surface area contributed by atoms with E-state index in [9.17, 15) is 22.4 Å². The van der Waals surface area contributed by atoms with E-state index >= 15 is 0 Å². The number of pyridine rings is 1. The van der Waals surface area contributed by atoms with Gasteiger partial charge in [-0.05, 0) is 48.1 Å². The Kier molecular flexibility index (Phi) is 9.28. The maximum atomic E-state index is 14.5. The predicted molar refractivity (Wildman–Crippen MR) is 144 cm³/mol. The van der Waals surface area contributed by atoms with Gasteiger partial charge in [-0.2, -0.15) is 13.2 Å². The Morgan fingerprint density at radius 1 is 1.30 bits per heavy atom. The summed E-state index contributed by atoms with van der Waals surface area (Å²) in [6.07, 6.45) is -3.08. The molecule has 0 aliphatic carbocycles. The molecule has 1 aromatic heterocycles. The molecule has 3 rings (SSSR count). The number of nitrogens with zero attached hydrogens (tertiary/aromatic N) is 3. The Labute approximate surface area is 224 Å². The van der Waals surface area contributed by atoms with Gasteiger partial charge in [0.25, 0.3) is 5.91 Å². The van der Waals surface area contributed by atoms with E-state index in [2.05, 4.69) is 50.8 Å². The van der Waals surface area contributed by atoms with Gasteiger partial charge < -0.3 is 19.9 Å². The van der Waals surface area contributed by atoms with Crippen LogP contribution < -0.4 is 15.0 Å². The lowest BCUT2D eigenvalue weighted by atomic mass is 10.1. The van der Waals surface area contributed by atoms with Gasteiger partial charge in [-0.15, -0.1) is 0 Å². The molecule has 0 radical (unpaired) electrons. The molecular formula is C25H33BrF4N4O2Si. The third-order valence-electron chi connectivity index (χ3n) is 6.44. The van der Waals surface area contributed by atoms with Gasteiger partial charge in [0.15, 0.2) is 0 Å². The third-order valence-corrected chi connectivity index (χ3v) is 8.76. The van der Waals surface area contributed by atoms with Gasteiger partial charge in [0, 0.05) is 45.5 Å². The van der Waals surface area contributed by atoms with Gasteiger partial charge >= 0.3 is 6.18 Å². The van der Waals surface area contributed by atoms with Crippen LogP contribution in [0.5, 0.6) is 5.88 Å². The first-order valence-electron chi connectivity index (χ1n) is 12.1. The highest BCUT2D eigenvalue weighted by molar-refractivity contribution is 9.10. The fraction of sp³-hybridized carbons (Fsp3) is 0.520. The molecule has 2 aromatic rings. The Hall–Kier alpha value is -2.18. The minimum Gasteiger partial charge on any atom is -0.478 e. The van der Waals surface area contributed by atoms with Gasteiger partial charge in [0.1, 0.15) is 5.82 Å². The monoisotopic (exact) mass is 604 g/mol. The van der Waals surface area contributed by atoms with E-state index in [0.717, 1.165) is 31.3 Å². The second-order valence-corrected chi connectivity index (χ2v) is 16.9. The van der Waals surface area contributed by atoms with Crippen LogP contribution in [0.3, 0.4) is 0 Å². The average Bonchev–Trinajstić information content (AvgIpc) is 3.29. The molecule has 1 N–H and O–H groups in total. The van der Waals surface area contributed by atoms with Crippen LogP contribution in [0.25, 0.3) is 0 Å². The Morgan fingerprint density at radius 3 is 2.62 bits per heavy atom. The zero-order chi connectivity index (χ0) is 27.5. The smallest absolute Gasteiger partial charge is 0.417 e. The molecule has 12 heteroatoms. The molecule has 0 unspecified atom stereocenters. The van der Waals surface area contributed by atoms with Gasteiger partial charge in [-0.1, -0.05) is 26.6 Å². The van der Waals surface area contributed by atoms with Gasteiger partial charge in [0.05, 0.1) is 33.6 Å². The van der Waals surface area contributed by atoms with E-state index in [-0.39, 0.29) is 28.7 Å². The highest BCUT2D eigenvalue weighted by Crippen LogP contribution is 2.37. The number of nitrogens with one attached hydrogen (secondary N) is 1. The average molecular weight is 606 g/mol. The molecule has 2 heterocycles. The molecule has 1 saturated heterocycles. The quantitative estimate of drug-likeness (QED) is 0.261. The van der Waals surface area contributed by atoms with Gasteiger partial charge in [0.2, 0.25) is 5.88 Å². The number of hydrogen-bond donors (Lipinski definition) is 1. The van der Waals surface area contributed by atoms with Gasteiger partial charge in [-0.25, -0.2) is 9.37 Å². The number of likely N-dealkylation sites (N-methyl/N-ethyl adjacent to an activating group) is 1. The number of carbonyl (C=O) groups excluding carboxylic acids is 1. The van der Waals surface area contributed by atoms with Crippen molar-refractivity contribution >= 4 is 41.3 Å². The van der Waals surface area contributed by atoms with Crippen molar-refractivity contribution in [3.8, 4) is 5.88 Å². The number of halogens is 5. The molecule has 1 amide bonds. The number of alkyl halides is 3. The number of aromatic nitrogens is 1. The SMILES string of the molecule is CCN(C)[C@@H]1CCN(c2cc(F)c(Br)cc2NC(=O)c2cnc(OCC[Si](C)(C)C)cc2C(F)(F)F)C1. The fourth-order valence-corrected chi connectivity index (χ4v) is 5.12. The van der Waals surface area contributed by atoms with E-state index in [1.807, 2.05) is 18.9 Å². The topological polar surface area (TPSA) is 57.7 Å². The van der Waals surface area contributed by atoms with E-state index in [1.54, 1.807) is 0 Å². The summed E-state index contributed by atoms with van der Waals surface area (Å²) in [6.45, 7) is 10.8. The second-order valence-electron chi connectivity index (χ2n) is 10.4. The maximum absolute atomic E-state index is 14.5. The second kappa shape index (κ2) is 11.7. The van der Waals surface area contributed by atoms with Crippen LogP contribution in [0.2, 0.25) is 25.7 Å². The van der Waals surface area contributed by atoms with E-state index in [0.29, 0.717) is 18.8 Å². The van der Waals surface area contributed by atoms with Crippen molar-refractivity contribution in [1.82, 2.24) is 9.88 Å². The van der Waals surface area contributed by atoms with Crippen LogP contribution in [0.15, 0.2) is 28.9 Å². The minimum atomic E-state index is -4.80. The summed E-state index contributed by atoms with van der Waals surface area (Å²) in [5, 5.41) is 2.56. The lowest BCUT2D eigenvalue weighted by Gasteiger charge is -2.26. The van der Waals surface area contributed by atoms with Crippen LogP contribution >= 0.6 is 15.9 Å². The number of ether oxygens (including phenoxy) is 1. The Bertz CT molecular complexity index is 1130. The first-order valence-corrected chi connectivity index (χ1v) is 16.6. The van der Waals surface area contributed by atoms with E-state index in [1.165, 1.54) is 12.1 Å². The number of rotatable bonds is 9. The summed E-state index contributed by atoms with van der Waals surface area (Å²) in [5.41, 5.74) is -1.16. The highest BCUT2D eigenvalue weighted by atomic mass is 79.9. The minimum absolute atomic E-state index is 0.0910. The Morgan fingerprint density at radius 2 is 2.00 bits per heavy atom. The van der Waals surface area contributed by atoms with Crippen molar-refractivity contribution in [2.45, 2.75) is 51.2 Å². The van der Waals surface area contributed by atoms with Crippen molar-refractivity contribution in [3.63, 3.8) is 0 Å². The number of benzene rings is 1. The van der Waals surface area contributed by atoms with Crippen LogP contribution in [0, 0.1) is 5.82 Å². The largest absolute Gasteiger partial charge is 0.478 e. The summed E-state index contributed by atoms with van der Waals surface area (Å²) >= 11 is 3.12. The molecule has 1 fully saturated rings. The number of amides is 1. The molecule has 1 aromatic carbocycles. The molecule has 1 aliphatic rings. The lowest BCUT2D eigenvalue weighted by Crippen LogP contribution is -2.34. The molecule has 0 saturated carbocycles. The molecule has 6 nitrogen and oxygen atoms in total. The lowest BCUT2D eigenvalue weighted by molar-refractivity contribution is -0.138. The van der Waals surface area contributed by atoms with Crippen molar-refractivity contribution in [3.05, 3.63) is 45.8 Å². The van der Waals surface area contributed by atoms with Gasteiger partial charge in [-0.3, -0.25) is 4.79 Å². The zero-order valence-electron chi connectivity index (χ0n) is 21.7. The molecule has 0 bridgehead atoms. The van der Waals surface area contributed by atoms with Crippen LogP contribution in [-0.2, 0) is 6.18 Å². The molecule has 37 heavy (non-hydrogen) atoms. The van der Waals surface area contributed by atoms with Crippen molar-refractivity contribution in [2.24, 2.45) is 0 Å². The summed E-state index contributed by atoms with van der Waals surface area (Å²) in [6, 6.07) is 4.41. The zero-order valence-corrected chi connectivity index (χ0v) is 24.3. The van der Waals surface area contributed by atoms with Crippen molar-refractivity contribution < 1.29 is 27.1 Å². The van der Waals surface area contributed by atoms with E-state index in [4.69, 9.17) is 4.74 Å². The highest BCUT2D eigenvalue weighted by Gasteiger charge is 2.37. The van der Waals surface area contributed by atoms with Crippen molar-refractivity contribution in [2.75, 3.05) is 43.5 Å². The number of anilines is 2. The summed E-state index contributed by atoms with van der Waals surface area (Å²) in [4.78, 5) is 21.2. The molecule has 0 spiro atoms. The maximum Gasteiger partial charge on any atom is 0.417 e. The van der Waals surface area contributed by atoms with Crippen LogP contribution in [-0.4, -0.2) is 63.2 Å². The molecule has 204 valence electrons. The Balaban J connectivity index is 1.88. The fourth-order valence-electron chi connectivity index (χ4n) is 4.06. The summed E-state index contributed by atoms with van der Waals surface area (Å²) < 4.78 is 61.7. The molecule has 1 aliphatic heterocycles. The molecule has 1 atom stereocenters. The van der Waals surface area contributed by atoms with Crippen molar-refractivity contribution in [1.29, 1.82) is 0 Å². The standard InChI is InChI=1S/C25H33BrF4N4O2Si/c1-6-33(2)16-7-8-34(15-16)22-13-20(27)19(26)12-21(22)32-24(35)17-14-31-23(11-18(17)25(28,29)30)36-9-10-37(3,4)5/h11-14,16H,6-10,15H2,1-5H3,(H,32,35)/t16-/m1/s1. The van der Waals surface area contributed by atoms with Crippen LogP contribution in [0.1, 0.15) is 29.3 Å². The van der Waals surface area contributed by atoms with E-state index < -0.39 is 37.1 Å². The number of carbonyl (C=O) groups is 1. The summed E-state index contributed by atoms with van der Waals surface area (Å²) in [5.74, 6) is -1.71.